The van der Waals surface area contributed by atoms with Gasteiger partial charge in [0, 0.05) is 26.6 Å². The van der Waals surface area contributed by atoms with Crippen molar-refractivity contribution in [3.8, 4) is 0 Å². The number of aryl methyl sites for hydroxylation is 3. The molecule has 0 aliphatic carbocycles. The van der Waals surface area contributed by atoms with Crippen molar-refractivity contribution in [2.24, 2.45) is 7.05 Å². The van der Waals surface area contributed by atoms with Gasteiger partial charge in [0.15, 0.2) is 5.82 Å². The zero-order chi connectivity index (χ0) is 17.6. The third kappa shape index (κ3) is 2.58. The third-order valence-electron chi connectivity index (χ3n) is 5.30. The summed E-state index contributed by atoms with van der Waals surface area (Å²) in [5, 5.41) is 24.7. The normalized spacial score (nSPS) is 20.6. The molecule has 0 radical (unpaired) electrons. The first-order chi connectivity index (χ1) is 12.1. The van der Waals surface area contributed by atoms with Gasteiger partial charge in [0.05, 0.1) is 11.0 Å². The Kier molecular flexibility index (Phi) is 3.93. The van der Waals surface area contributed by atoms with Crippen molar-refractivity contribution in [1.29, 1.82) is 0 Å². The maximum Gasteiger partial charge on any atom is 0.333 e. The first-order valence-electron chi connectivity index (χ1n) is 8.94. The summed E-state index contributed by atoms with van der Waals surface area (Å²) in [5.74, 6) is 2.58. The van der Waals surface area contributed by atoms with Crippen molar-refractivity contribution >= 4 is 11.5 Å². The van der Waals surface area contributed by atoms with Gasteiger partial charge in [-0.2, -0.15) is 5.10 Å². The van der Waals surface area contributed by atoms with Gasteiger partial charge >= 0.3 is 5.69 Å². The summed E-state index contributed by atoms with van der Waals surface area (Å²) >= 11 is 0. The fourth-order valence-corrected chi connectivity index (χ4v) is 4.21. The van der Waals surface area contributed by atoms with Gasteiger partial charge in [-0.25, -0.2) is 4.68 Å². The van der Waals surface area contributed by atoms with Crippen LogP contribution < -0.4 is 4.90 Å². The number of hydrogen-bond donors (Lipinski definition) is 0. The Morgan fingerprint density at radius 2 is 2.00 bits per heavy atom. The van der Waals surface area contributed by atoms with E-state index < -0.39 is 0 Å². The van der Waals surface area contributed by atoms with E-state index in [2.05, 4.69) is 24.8 Å². The van der Waals surface area contributed by atoms with Crippen LogP contribution in [0.3, 0.4) is 0 Å². The average Bonchev–Trinajstić information content (AvgIpc) is 3.20. The molecular formula is C16H23N7O2. The molecule has 0 N–H and O–H groups in total. The molecule has 134 valence electrons. The van der Waals surface area contributed by atoms with Crippen molar-refractivity contribution in [3.05, 3.63) is 27.5 Å². The molecule has 0 bridgehead atoms. The third-order valence-corrected chi connectivity index (χ3v) is 5.30. The fraction of sp³-hybridized carbons (Fsp3) is 0.688. The van der Waals surface area contributed by atoms with E-state index in [9.17, 15) is 10.1 Å². The number of aromatic nitrogens is 5. The molecule has 2 aliphatic heterocycles. The van der Waals surface area contributed by atoms with Crippen molar-refractivity contribution in [3.63, 3.8) is 0 Å². The Labute approximate surface area is 145 Å². The topological polar surface area (TPSA) is 94.9 Å². The molecule has 1 saturated heterocycles. The van der Waals surface area contributed by atoms with Crippen LogP contribution in [0, 0.1) is 17.0 Å². The lowest BCUT2D eigenvalue weighted by molar-refractivity contribution is -0.384. The molecule has 1 fully saturated rings. The summed E-state index contributed by atoms with van der Waals surface area (Å²) in [7, 11) is 1.77. The highest BCUT2D eigenvalue weighted by molar-refractivity contribution is 5.62. The molecule has 1 atom stereocenters. The lowest BCUT2D eigenvalue weighted by atomic mass is 10.2. The zero-order valence-corrected chi connectivity index (χ0v) is 14.7. The van der Waals surface area contributed by atoms with Crippen LogP contribution in [-0.2, 0) is 20.0 Å². The molecule has 2 aromatic rings. The van der Waals surface area contributed by atoms with E-state index >= 15 is 0 Å². The highest BCUT2D eigenvalue weighted by Crippen LogP contribution is 2.41. The predicted molar refractivity (Wildman–Crippen MR) is 91.5 cm³/mol. The van der Waals surface area contributed by atoms with Crippen LogP contribution in [0.5, 0.6) is 0 Å². The van der Waals surface area contributed by atoms with Gasteiger partial charge in [-0.15, -0.1) is 10.2 Å². The van der Waals surface area contributed by atoms with Gasteiger partial charge in [0.2, 0.25) is 5.82 Å². The van der Waals surface area contributed by atoms with Crippen LogP contribution >= 0.6 is 0 Å². The molecule has 9 heteroatoms. The number of hydrogen-bond acceptors (Lipinski definition) is 6. The molecule has 4 rings (SSSR count). The van der Waals surface area contributed by atoms with E-state index in [1.165, 1.54) is 6.42 Å². The van der Waals surface area contributed by atoms with E-state index in [0.717, 1.165) is 56.8 Å². The van der Waals surface area contributed by atoms with Gasteiger partial charge in [-0.05, 0) is 32.6 Å². The Morgan fingerprint density at radius 3 is 2.80 bits per heavy atom. The lowest BCUT2D eigenvalue weighted by Gasteiger charge is -2.25. The van der Waals surface area contributed by atoms with Crippen LogP contribution in [0.15, 0.2) is 0 Å². The molecule has 0 saturated carbocycles. The lowest BCUT2D eigenvalue weighted by Crippen LogP contribution is -2.28. The summed E-state index contributed by atoms with van der Waals surface area (Å²) in [5.41, 5.74) is 0.554. The second-order valence-corrected chi connectivity index (χ2v) is 6.93. The average molecular weight is 345 g/mol. The number of nitro groups is 1. The number of fused-ring (bicyclic) bond motifs is 1. The van der Waals surface area contributed by atoms with Crippen LogP contribution in [0.4, 0.5) is 11.5 Å². The molecule has 0 amide bonds. The summed E-state index contributed by atoms with van der Waals surface area (Å²) in [6.07, 6.45) is 6.37. The van der Waals surface area contributed by atoms with Crippen LogP contribution in [0.2, 0.25) is 0 Å². The van der Waals surface area contributed by atoms with Crippen LogP contribution in [0.1, 0.15) is 55.5 Å². The van der Waals surface area contributed by atoms with Gasteiger partial charge in [-0.1, -0.05) is 6.42 Å². The molecule has 0 aromatic carbocycles. The predicted octanol–water partition coefficient (Wildman–Crippen LogP) is 2.30. The smallest absolute Gasteiger partial charge is 0.333 e. The summed E-state index contributed by atoms with van der Waals surface area (Å²) in [6, 6.07) is 0.0212. The monoisotopic (exact) mass is 345 g/mol. The van der Waals surface area contributed by atoms with Gasteiger partial charge in [0.1, 0.15) is 11.5 Å². The van der Waals surface area contributed by atoms with Crippen molar-refractivity contribution in [1.82, 2.24) is 24.5 Å². The molecule has 0 spiro atoms. The minimum Gasteiger partial charge on any atom is -0.341 e. The highest BCUT2D eigenvalue weighted by Gasteiger charge is 2.38. The number of rotatable bonds is 3. The quantitative estimate of drug-likeness (QED) is 0.626. The second-order valence-electron chi connectivity index (χ2n) is 6.93. The van der Waals surface area contributed by atoms with Crippen LogP contribution in [0.25, 0.3) is 0 Å². The Bertz CT molecular complexity index is 810. The van der Waals surface area contributed by atoms with Crippen molar-refractivity contribution < 1.29 is 4.92 Å². The Balaban J connectivity index is 1.76. The number of anilines is 1. The van der Waals surface area contributed by atoms with E-state index in [1.54, 1.807) is 18.7 Å². The molecule has 2 aromatic heterocycles. The first kappa shape index (κ1) is 16.0. The van der Waals surface area contributed by atoms with Gasteiger partial charge < -0.3 is 9.47 Å². The van der Waals surface area contributed by atoms with Gasteiger partial charge in [0.25, 0.3) is 0 Å². The Hall–Kier alpha value is -2.45. The maximum absolute atomic E-state index is 11.6. The highest BCUT2D eigenvalue weighted by atomic mass is 16.6. The summed E-state index contributed by atoms with van der Waals surface area (Å²) in [4.78, 5) is 13.4. The van der Waals surface area contributed by atoms with Crippen LogP contribution in [-0.4, -0.2) is 36.0 Å². The Morgan fingerprint density at radius 1 is 1.16 bits per heavy atom. The largest absolute Gasteiger partial charge is 0.341 e. The maximum atomic E-state index is 11.6. The molecule has 0 unspecified atom stereocenters. The first-order valence-corrected chi connectivity index (χ1v) is 8.94. The van der Waals surface area contributed by atoms with Gasteiger partial charge in [-0.3, -0.25) is 10.1 Å². The fourth-order valence-electron chi connectivity index (χ4n) is 4.21. The van der Waals surface area contributed by atoms with E-state index in [0.29, 0.717) is 11.5 Å². The molecule has 2 aliphatic rings. The molecule has 25 heavy (non-hydrogen) atoms. The second kappa shape index (κ2) is 6.12. The van der Waals surface area contributed by atoms with Crippen molar-refractivity contribution in [2.45, 2.75) is 58.0 Å². The molecular weight excluding hydrogens is 322 g/mol. The zero-order valence-electron chi connectivity index (χ0n) is 14.7. The van der Waals surface area contributed by atoms with Crippen molar-refractivity contribution in [2.75, 3.05) is 11.4 Å². The SMILES string of the molecule is Cc1nn(C)c(N2CCC[C@@H]2c2nnc3n2CCCCC3)c1[N+](=O)[O-]. The summed E-state index contributed by atoms with van der Waals surface area (Å²) < 4.78 is 3.87. The van der Waals surface area contributed by atoms with E-state index in [1.807, 2.05) is 0 Å². The summed E-state index contributed by atoms with van der Waals surface area (Å²) in [6.45, 7) is 3.40. The van der Waals surface area contributed by atoms with E-state index in [4.69, 9.17) is 0 Å². The number of nitrogens with zero attached hydrogens (tertiary/aromatic N) is 7. The van der Waals surface area contributed by atoms with E-state index in [-0.39, 0.29) is 16.7 Å². The minimum atomic E-state index is -0.322. The standard InChI is InChI=1S/C16H23N7O2/c1-11-14(23(24)25)16(20(2)19-11)21-10-6-7-12(21)15-18-17-13-8-4-3-5-9-22(13)15/h12H,3-10H2,1-2H3/t12-/m1/s1. The minimum absolute atomic E-state index is 0.0212. The molecule has 9 nitrogen and oxygen atoms in total. The molecule has 4 heterocycles.